The molecule has 0 radical (unpaired) electrons. The second-order valence-corrected chi connectivity index (χ2v) is 17.6. The highest BCUT2D eigenvalue weighted by Gasteiger charge is 2.31. The maximum atomic E-state index is 12.5. The van der Waals surface area contributed by atoms with Gasteiger partial charge in [0.15, 0.2) is 0 Å². The van der Waals surface area contributed by atoms with Gasteiger partial charge in [-0.25, -0.2) is 23.8 Å². The molecule has 19 heteroatoms. The van der Waals surface area contributed by atoms with Crippen LogP contribution < -0.4 is 29.6 Å². The lowest BCUT2D eigenvalue weighted by molar-refractivity contribution is 0.0525. The van der Waals surface area contributed by atoms with Gasteiger partial charge in [-0.3, -0.25) is 0 Å². The lowest BCUT2D eigenvalue weighted by atomic mass is 10.0. The van der Waals surface area contributed by atoms with Crippen LogP contribution >= 0.6 is 0 Å². The number of benzene rings is 2. The maximum absolute atomic E-state index is 12.5. The van der Waals surface area contributed by atoms with Crippen LogP contribution in [-0.4, -0.2) is 59.8 Å². The molecule has 4 aromatic rings. The summed E-state index contributed by atoms with van der Waals surface area (Å²) in [5.74, 6) is 0.506. The summed E-state index contributed by atoms with van der Waals surface area (Å²) < 4.78 is 79.8. The second-order valence-electron chi connectivity index (χ2n) is 14.4. The summed E-state index contributed by atoms with van der Waals surface area (Å²) in [6.07, 6.45) is 9.03. The first-order valence-electron chi connectivity index (χ1n) is 18.4. The number of amides is 4. The zero-order chi connectivity index (χ0) is 40.7. The van der Waals surface area contributed by atoms with E-state index in [0.29, 0.717) is 41.7 Å². The second kappa shape index (κ2) is 15.4. The van der Waals surface area contributed by atoms with E-state index in [0.717, 1.165) is 97.8 Å². The number of hydrogen-bond acceptors (Lipinski definition) is 13. The summed E-state index contributed by atoms with van der Waals surface area (Å²) in [6.45, 7) is 5.84. The van der Waals surface area contributed by atoms with Crippen molar-refractivity contribution in [3.05, 3.63) is 81.3 Å². The van der Waals surface area contributed by atoms with Crippen molar-refractivity contribution >= 4 is 49.5 Å². The number of aliphatic hydroxyl groups is 1. The Bertz CT molecular complexity index is 2420. The van der Waals surface area contributed by atoms with E-state index in [-0.39, 0.29) is 12.2 Å². The number of carbonyl (C=O) groups excluding carboxylic acids is 3. The largest absolute Gasteiger partial charge is 0.491 e. The highest BCUT2D eigenvalue weighted by atomic mass is 32.2. The fraction of sp³-hybridized carbons (Fsp3) is 0.395. The van der Waals surface area contributed by atoms with Gasteiger partial charge in [-0.2, -0.15) is 16.8 Å². The number of urea groups is 2. The SMILES string of the molecule is CC(C)(O)c1coc(S(=O)(=O)NC(=O)Nc2c3c(cc4c2OCC4)CCC3)c1.CCOC(=O)c1coc(S(=O)(=O)NC(=O)Nc2c3c(cc4c2OCC4)CCC3)c1. The van der Waals surface area contributed by atoms with E-state index >= 15 is 0 Å². The Balaban J connectivity index is 0.000000174. The van der Waals surface area contributed by atoms with E-state index in [9.17, 15) is 36.3 Å². The van der Waals surface area contributed by atoms with Gasteiger partial charge in [0.25, 0.3) is 20.0 Å². The van der Waals surface area contributed by atoms with Gasteiger partial charge in [0.2, 0.25) is 10.2 Å². The number of sulfonamides is 2. The molecule has 4 heterocycles. The van der Waals surface area contributed by atoms with Crippen LogP contribution in [0.3, 0.4) is 0 Å². The summed E-state index contributed by atoms with van der Waals surface area (Å²) in [4.78, 5) is 36.6. The van der Waals surface area contributed by atoms with Gasteiger partial charge in [0, 0.05) is 30.5 Å². The molecule has 304 valence electrons. The van der Waals surface area contributed by atoms with Crippen LogP contribution in [0.4, 0.5) is 21.0 Å². The summed E-state index contributed by atoms with van der Waals surface area (Å²) in [5.41, 5.74) is 6.37. The summed E-state index contributed by atoms with van der Waals surface area (Å²) in [7, 11) is -8.54. The summed E-state index contributed by atoms with van der Waals surface area (Å²) in [5, 5.41) is 14.2. The molecule has 0 bridgehead atoms. The Morgan fingerprint density at radius 1 is 0.702 bits per heavy atom. The predicted octanol–water partition coefficient (Wildman–Crippen LogP) is 4.83. The molecule has 4 amide bonds. The number of anilines is 2. The third kappa shape index (κ3) is 8.31. The fourth-order valence-corrected chi connectivity index (χ4v) is 8.95. The van der Waals surface area contributed by atoms with Crippen molar-refractivity contribution in [2.45, 2.75) is 87.9 Å². The number of rotatable bonds is 9. The smallest absolute Gasteiger partial charge is 0.341 e. The quantitative estimate of drug-likeness (QED) is 0.142. The summed E-state index contributed by atoms with van der Waals surface area (Å²) >= 11 is 0. The number of hydrogen-bond donors (Lipinski definition) is 5. The molecule has 8 rings (SSSR count). The van der Waals surface area contributed by atoms with Crippen LogP contribution in [0, 0.1) is 0 Å². The Kier molecular flexibility index (Phi) is 10.7. The average molecular weight is 827 g/mol. The van der Waals surface area contributed by atoms with Gasteiger partial charge < -0.3 is 38.8 Å². The molecule has 2 aromatic carbocycles. The number of ether oxygens (including phenoxy) is 3. The molecule has 17 nitrogen and oxygen atoms in total. The van der Waals surface area contributed by atoms with Crippen molar-refractivity contribution < 1.29 is 59.4 Å². The number of furan rings is 2. The fourth-order valence-electron chi connectivity index (χ4n) is 7.24. The third-order valence-corrected chi connectivity index (χ3v) is 12.3. The van der Waals surface area contributed by atoms with Crippen molar-refractivity contribution in [3.63, 3.8) is 0 Å². The van der Waals surface area contributed by atoms with E-state index < -0.39 is 53.9 Å². The standard InChI is InChI=1S/C19H20N2O7S.C19H22N2O6S/c1-2-26-18(22)13-9-15(28-10-13)29(24,25)21-19(23)20-16-14-5-3-4-11(14)8-12-6-7-27-17(12)16;1-19(2,23)13-9-15(27-10-13)28(24,25)21-18(22)20-16-14-5-3-4-11(14)8-12-6-7-26-17(12)16/h8-10H,2-7H2,1H3,(H2,20,21,23);8-10,23H,3-7H2,1-2H3,(H2,20,21,22). The molecule has 0 saturated heterocycles. The van der Waals surface area contributed by atoms with Gasteiger partial charge in [-0.1, -0.05) is 12.1 Å². The van der Waals surface area contributed by atoms with Crippen LogP contribution in [0.15, 0.2) is 55.8 Å². The number of aryl methyl sites for hydroxylation is 2. The van der Waals surface area contributed by atoms with Crippen molar-refractivity contribution in [2.24, 2.45) is 0 Å². The van der Waals surface area contributed by atoms with Crippen molar-refractivity contribution in [1.29, 1.82) is 0 Å². The number of esters is 1. The maximum Gasteiger partial charge on any atom is 0.341 e. The zero-order valence-electron chi connectivity index (χ0n) is 31.4. The van der Waals surface area contributed by atoms with E-state index in [1.807, 2.05) is 9.44 Å². The third-order valence-electron chi connectivity index (χ3n) is 9.92. The molecule has 5 N–H and O–H groups in total. The van der Waals surface area contributed by atoms with Crippen LogP contribution in [0.1, 0.15) is 82.9 Å². The molecular weight excluding hydrogens is 785 g/mol. The lowest BCUT2D eigenvalue weighted by Crippen LogP contribution is -2.34. The van der Waals surface area contributed by atoms with Crippen LogP contribution in [0.2, 0.25) is 0 Å². The van der Waals surface area contributed by atoms with Crippen molar-refractivity contribution in [3.8, 4) is 11.5 Å². The van der Waals surface area contributed by atoms with E-state index in [2.05, 4.69) is 22.8 Å². The van der Waals surface area contributed by atoms with Gasteiger partial charge in [0.05, 0.1) is 48.6 Å². The molecule has 0 spiro atoms. The summed E-state index contributed by atoms with van der Waals surface area (Å²) in [6, 6.07) is 4.59. The molecule has 57 heavy (non-hydrogen) atoms. The van der Waals surface area contributed by atoms with Crippen LogP contribution in [0.5, 0.6) is 11.5 Å². The van der Waals surface area contributed by atoms with Crippen LogP contribution in [-0.2, 0) is 68.9 Å². The highest BCUT2D eigenvalue weighted by molar-refractivity contribution is 7.90. The average Bonchev–Trinajstić information content (AvgIpc) is 3.99. The van der Waals surface area contributed by atoms with E-state index in [4.69, 9.17) is 23.0 Å². The van der Waals surface area contributed by atoms with E-state index in [1.54, 1.807) is 6.92 Å². The molecule has 0 unspecified atom stereocenters. The Hall–Kier alpha value is -5.53. The van der Waals surface area contributed by atoms with E-state index in [1.165, 1.54) is 25.5 Å². The zero-order valence-corrected chi connectivity index (χ0v) is 33.0. The molecule has 2 aromatic heterocycles. The van der Waals surface area contributed by atoms with Crippen molar-refractivity contribution in [2.75, 3.05) is 30.5 Å². The monoisotopic (exact) mass is 826 g/mol. The first kappa shape index (κ1) is 39.7. The lowest BCUT2D eigenvalue weighted by Gasteiger charge is -2.15. The van der Waals surface area contributed by atoms with Crippen molar-refractivity contribution in [1.82, 2.24) is 9.44 Å². The molecule has 2 aliphatic carbocycles. The van der Waals surface area contributed by atoms with Gasteiger partial charge in [0.1, 0.15) is 17.8 Å². The molecule has 0 saturated carbocycles. The number of fused-ring (bicyclic) bond motifs is 4. The number of nitrogens with one attached hydrogen (secondary N) is 4. The predicted molar refractivity (Wildman–Crippen MR) is 203 cm³/mol. The van der Waals surface area contributed by atoms with Gasteiger partial charge in [-0.05, 0) is 92.7 Å². The minimum absolute atomic E-state index is 0.0558. The minimum Gasteiger partial charge on any atom is -0.491 e. The molecule has 4 aliphatic rings. The number of carbonyl (C=O) groups is 3. The Morgan fingerprint density at radius 3 is 1.67 bits per heavy atom. The molecule has 0 atom stereocenters. The van der Waals surface area contributed by atoms with Gasteiger partial charge in [-0.15, -0.1) is 0 Å². The highest BCUT2D eigenvalue weighted by Crippen LogP contribution is 2.43. The first-order chi connectivity index (χ1) is 27.0. The normalized spacial score (nSPS) is 15.2. The molecule has 0 fully saturated rings. The molecule has 2 aliphatic heterocycles. The first-order valence-corrected chi connectivity index (χ1v) is 21.4. The van der Waals surface area contributed by atoms with Crippen LogP contribution in [0.25, 0.3) is 0 Å². The Morgan fingerprint density at radius 2 is 1.19 bits per heavy atom. The topological polar surface area (TPSA) is 242 Å². The Labute approximate surface area is 328 Å². The van der Waals surface area contributed by atoms with Gasteiger partial charge >= 0.3 is 18.0 Å². The minimum atomic E-state index is -4.31. The molecular formula is C38H42N4O13S2.